The molecule has 1 heterocycles. The summed E-state index contributed by atoms with van der Waals surface area (Å²) in [6, 6.07) is 18.5. The van der Waals surface area contributed by atoms with E-state index >= 15 is 0 Å². The molecule has 1 N–H and O–H groups in total. The predicted molar refractivity (Wildman–Crippen MR) is 139 cm³/mol. The number of nitrogens with one attached hydrogen (secondary N) is 1. The van der Waals surface area contributed by atoms with E-state index in [1.165, 1.54) is 11.3 Å². The number of aliphatic imine (C=N–C) groups is 1. The van der Waals surface area contributed by atoms with E-state index in [0.29, 0.717) is 33.5 Å². The number of fused-ring (bicyclic) bond motifs is 1. The average Bonchev–Trinajstić information content (AvgIpc) is 3.23. The van der Waals surface area contributed by atoms with Gasteiger partial charge in [0.05, 0.1) is 24.4 Å². The van der Waals surface area contributed by atoms with E-state index in [1.54, 1.807) is 33.5 Å². The zero-order valence-electron chi connectivity index (χ0n) is 18.7. The van der Waals surface area contributed by atoms with E-state index in [0.717, 1.165) is 14.7 Å². The number of nitrogens with zero attached hydrogens (tertiary/aromatic N) is 2. The van der Waals surface area contributed by atoms with Crippen LogP contribution in [0.5, 0.6) is 17.2 Å². The van der Waals surface area contributed by atoms with E-state index in [2.05, 4.69) is 31.2 Å². The maximum atomic E-state index is 13.4. The van der Waals surface area contributed by atoms with Gasteiger partial charge in [0.15, 0.2) is 16.6 Å². The molecule has 0 bridgehead atoms. The first-order chi connectivity index (χ1) is 16.5. The van der Waals surface area contributed by atoms with Crippen molar-refractivity contribution in [1.29, 1.82) is 0 Å². The Morgan fingerprint density at radius 2 is 1.82 bits per heavy atom. The normalized spacial score (nSPS) is 12.0. The molecule has 0 aliphatic rings. The van der Waals surface area contributed by atoms with Gasteiger partial charge >= 0.3 is 0 Å². The average molecular weight is 540 g/mol. The number of halogens is 1. The predicted octanol–water partition coefficient (Wildman–Crippen LogP) is 5.88. The molecule has 1 atom stereocenters. The zero-order valence-corrected chi connectivity index (χ0v) is 21.1. The quantitative estimate of drug-likeness (QED) is 0.282. The molecule has 7 nitrogen and oxygen atoms in total. The highest BCUT2D eigenvalue weighted by molar-refractivity contribution is 9.10. The van der Waals surface area contributed by atoms with Gasteiger partial charge in [0, 0.05) is 35.4 Å². The number of carbonyl (C=O) groups excluding carboxylic acids is 1. The van der Waals surface area contributed by atoms with Crippen LogP contribution in [0, 0.1) is 0 Å². The van der Waals surface area contributed by atoms with Gasteiger partial charge in [0.25, 0.3) is 5.91 Å². The Balaban J connectivity index is 1.62. The fourth-order valence-corrected chi connectivity index (χ4v) is 4.64. The van der Waals surface area contributed by atoms with Crippen LogP contribution in [0.4, 0.5) is 5.13 Å². The minimum atomic E-state index is -0.890. The van der Waals surface area contributed by atoms with Crippen molar-refractivity contribution in [1.82, 2.24) is 4.98 Å². The molecular weight excluding hydrogens is 518 g/mol. The van der Waals surface area contributed by atoms with Gasteiger partial charge in [-0.3, -0.25) is 15.1 Å². The van der Waals surface area contributed by atoms with Crippen LogP contribution in [0.25, 0.3) is 10.2 Å². The monoisotopic (exact) mass is 539 g/mol. The number of benzene rings is 3. The van der Waals surface area contributed by atoms with Crippen LogP contribution >= 0.6 is 27.3 Å². The number of methoxy groups -OCH3 is 2. The molecule has 0 saturated heterocycles. The Morgan fingerprint density at radius 1 is 1.09 bits per heavy atom. The highest BCUT2D eigenvalue weighted by Gasteiger charge is 2.25. The van der Waals surface area contributed by atoms with Crippen molar-refractivity contribution < 1.29 is 19.0 Å². The largest absolute Gasteiger partial charge is 0.493 e. The summed E-state index contributed by atoms with van der Waals surface area (Å²) in [6.45, 7) is 0. The Bertz CT molecular complexity index is 1300. The molecule has 34 heavy (non-hydrogen) atoms. The molecule has 3 aromatic carbocycles. The minimum Gasteiger partial charge on any atom is -0.493 e. The van der Waals surface area contributed by atoms with Crippen molar-refractivity contribution in [3.63, 3.8) is 0 Å². The van der Waals surface area contributed by atoms with Crippen LogP contribution in [-0.2, 0) is 4.79 Å². The standard InChI is InChI=1S/C25H22BrN3O4S/c1-27-14-15-7-9-18(10-8-15)33-23(16-5-4-6-17(26)11-16)24(30)29-25-28-19-12-20(31-2)21(32-3)13-22(19)34-25/h4-14,23H,1-3H3,(H,28,29,30). The number of aromatic nitrogens is 1. The van der Waals surface area contributed by atoms with Gasteiger partial charge in [0.2, 0.25) is 6.10 Å². The molecule has 0 spiro atoms. The lowest BCUT2D eigenvalue weighted by Gasteiger charge is -2.19. The molecule has 0 fully saturated rings. The Kier molecular flexibility index (Phi) is 7.44. The minimum absolute atomic E-state index is 0.338. The van der Waals surface area contributed by atoms with Crippen molar-refractivity contribution in [3.05, 3.63) is 76.3 Å². The first kappa shape index (κ1) is 23.7. The Hall–Kier alpha value is -3.43. The number of ether oxygens (including phenoxy) is 3. The molecule has 0 aliphatic carbocycles. The van der Waals surface area contributed by atoms with Crippen LogP contribution in [0.3, 0.4) is 0 Å². The number of rotatable bonds is 8. The number of hydrogen-bond acceptors (Lipinski definition) is 7. The van der Waals surface area contributed by atoms with Crippen molar-refractivity contribution in [2.75, 3.05) is 26.6 Å². The lowest BCUT2D eigenvalue weighted by atomic mass is 10.1. The van der Waals surface area contributed by atoms with E-state index in [1.807, 2.05) is 54.6 Å². The zero-order chi connectivity index (χ0) is 24.1. The Morgan fingerprint density at radius 3 is 2.50 bits per heavy atom. The van der Waals surface area contributed by atoms with Crippen molar-refractivity contribution in [2.24, 2.45) is 4.99 Å². The molecule has 0 aliphatic heterocycles. The summed E-state index contributed by atoms with van der Waals surface area (Å²) in [5.74, 6) is 1.40. The summed E-state index contributed by atoms with van der Waals surface area (Å²) in [7, 11) is 4.86. The second kappa shape index (κ2) is 10.7. The lowest BCUT2D eigenvalue weighted by molar-refractivity contribution is -0.123. The van der Waals surface area contributed by atoms with E-state index < -0.39 is 6.10 Å². The first-order valence-corrected chi connectivity index (χ1v) is 11.9. The third kappa shape index (κ3) is 5.37. The van der Waals surface area contributed by atoms with Gasteiger partial charge in [-0.1, -0.05) is 39.4 Å². The fraction of sp³-hybridized carbons (Fsp3) is 0.160. The van der Waals surface area contributed by atoms with Crippen LogP contribution in [0.15, 0.2) is 70.1 Å². The second-order valence-corrected chi connectivity index (χ2v) is 9.14. The van der Waals surface area contributed by atoms with Crippen LogP contribution in [0.1, 0.15) is 17.2 Å². The highest BCUT2D eigenvalue weighted by Crippen LogP contribution is 2.36. The summed E-state index contributed by atoms with van der Waals surface area (Å²) >= 11 is 4.82. The second-order valence-electron chi connectivity index (χ2n) is 7.19. The molecule has 1 aromatic heterocycles. The van der Waals surface area contributed by atoms with Gasteiger partial charge in [-0.15, -0.1) is 0 Å². The SMILES string of the molecule is CN=Cc1ccc(OC(C(=O)Nc2nc3cc(OC)c(OC)cc3s2)c2cccc(Br)c2)cc1. The molecule has 9 heteroatoms. The highest BCUT2D eigenvalue weighted by atomic mass is 79.9. The van der Waals surface area contributed by atoms with Crippen LogP contribution in [-0.4, -0.2) is 38.4 Å². The molecule has 4 rings (SSSR count). The van der Waals surface area contributed by atoms with E-state index in [9.17, 15) is 4.79 Å². The van der Waals surface area contributed by atoms with Crippen molar-refractivity contribution in [2.45, 2.75) is 6.10 Å². The first-order valence-electron chi connectivity index (χ1n) is 10.3. The van der Waals surface area contributed by atoms with Crippen molar-refractivity contribution >= 4 is 54.7 Å². The molecular formula is C25H22BrN3O4S. The summed E-state index contributed by atoms with van der Waals surface area (Å²) < 4.78 is 18.6. The van der Waals surface area contributed by atoms with Gasteiger partial charge in [-0.25, -0.2) is 4.98 Å². The molecule has 1 unspecified atom stereocenters. The number of amides is 1. The van der Waals surface area contributed by atoms with Gasteiger partial charge in [-0.05, 0) is 42.0 Å². The number of carbonyl (C=O) groups is 1. The lowest BCUT2D eigenvalue weighted by Crippen LogP contribution is -2.25. The number of hydrogen-bond donors (Lipinski definition) is 1. The third-order valence-electron chi connectivity index (χ3n) is 4.93. The summed E-state index contributed by atoms with van der Waals surface area (Å²) in [5.41, 5.74) is 2.35. The van der Waals surface area contributed by atoms with E-state index in [-0.39, 0.29) is 5.91 Å². The topological polar surface area (TPSA) is 82.0 Å². The molecule has 0 saturated carbocycles. The molecule has 1 amide bonds. The third-order valence-corrected chi connectivity index (χ3v) is 6.35. The van der Waals surface area contributed by atoms with E-state index in [4.69, 9.17) is 14.2 Å². The van der Waals surface area contributed by atoms with Crippen molar-refractivity contribution in [3.8, 4) is 17.2 Å². The number of thiazole rings is 1. The van der Waals surface area contributed by atoms with Crippen LogP contribution in [0.2, 0.25) is 0 Å². The summed E-state index contributed by atoms with van der Waals surface area (Å²) in [4.78, 5) is 21.9. The van der Waals surface area contributed by atoms with Gasteiger partial charge < -0.3 is 14.2 Å². The number of anilines is 1. The molecule has 174 valence electrons. The molecule has 0 radical (unpaired) electrons. The summed E-state index contributed by atoms with van der Waals surface area (Å²) in [5, 5.41) is 3.35. The maximum Gasteiger partial charge on any atom is 0.271 e. The maximum absolute atomic E-state index is 13.4. The Labute approximate surface area is 209 Å². The van der Waals surface area contributed by atoms with Crippen LogP contribution < -0.4 is 19.5 Å². The summed E-state index contributed by atoms with van der Waals surface area (Å²) in [6.07, 6.45) is 0.860. The smallest absolute Gasteiger partial charge is 0.271 e. The molecule has 4 aromatic rings. The fourth-order valence-electron chi connectivity index (χ4n) is 3.34. The van der Waals surface area contributed by atoms with Gasteiger partial charge in [0.1, 0.15) is 5.75 Å². The van der Waals surface area contributed by atoms with Gasteiger partial charge in [-0.2, -0.15) is 0 Å².